The molecule has 0 radical (unpaired) electrons. The number of rotatable bonds is 9. The summed E-state index contributed by atoms with van der Waals surface area (Å²) in [6, 6.07) is 11.4. The zero-order chi connectivity index (χ0) is 26.0. The van der Waals surface area contributed by atoms with Crippen LogP contribution in [0.15, 0.2) is 42.5 Å². The van der Waals surface area contributed by atoms with Gasteiger partial charge >= 0.3 is 0 Å². The maximum Gasteiger partial charge on any atom is 0.248 e. The molecule has 3 atom stereocenters. The van der Waals surface area contributed by atoms with Crippen LogP contribution in [0.2, 0.25) is 0 Å². The summed E-state index contributed by atoms with van der Waals surface area (Å²) in [4.78, 5) is 28.0. The van der Waals surface area contributed by atoms with E-state index < -0.39 is 39.0 Å². The molecule has 2 amide bonds. The van der Waals surface area contributed by atoms with Crippen molar-refractivity contribution in [2.45, 2.75) is 50.2 Å². The van der Waals surface area contributed by atoms with Crippen LogP contribution in [-0.2, 0) is 21.2 Å². The monoisotopic (exact) mass is 519 g/mol. The first kappa shape index (κ1) is 26.2. The number of sulfone groups is 1. The third-order valence-electron chi connectivity index (χ3n) is 7.30. The summed E-state index contributed by atoms with van der Waals surface area (Å²) in [6.45, 7) is 0.310. The first-order valence-corrected chi connectivity index (χ1v) is 14.1. The number of amides is 2. The molecule has 194 valence electrons. The van der Waals surface area contributed by atoms with Crippen molar-refractivity contribution in [3.8, 4) is 0 Å². The summed E-state index contributed by atoms with van der Waals surface area (Å²) in [5.41, 5.74) is 6.76. The number of hydrogen-bond acceptors (Lipinski definition) is 5. The Balaban J connectivity index is 1.46. The maximum absolute atomic E-state index is 14.3. The number of benzene rings is 2. The van der Waals surface area contributed by atoms with Gasteiger partial charge in [0.2, 0.25) is 11.8 Å². The second-order valence-corrected chi connectivity index (χ2v) is 12.0. The number of nitrogens with zero attached hydrogens (tertiary/aromatic N) is 2. The van der Waals surface area contributed by atoms with E-state index in [1.165, 1.54) is 11.0 Å². The molecule has 1 unspecified atom stereocenters. The Kier molecular flexibility index (Phi) is 7.75. The minimum absolute atomic E-state index is 0.164. The van der Waals surface area contributed by atoms with Crippen molar-refractivity contribution in [1.82, 2.24) is 9.80 Å². The molecule has 10 heteroatoms. The Morgan fingerprint density at radius 3 is 2.25 bits per heavy atom. The van der Waals surface area contributed by atoms with Crippen LogP contribution in [0.1, 0.15) is 53.1 Å². The predicted molar refractivity (Wildman–Crippen MR) is 132 cm³/mol. The molecule has 0 saturated carbocycles. The van der Waals surface area contributed by atoms with Crippen LogP contribution in [-0.4, -0.2) is 67.2 Å². The average molecular weight is 520 g/mol. The second kappa shape index (κ2) is 10.6. The fraction of sp³-hybridized carbons (Fsp3) is 0.462. The second-order valence-electron chi connectivity index (χ2n) is 9.87. The average Bonchev–Trinajstić information content (AvgIpc) is 3.04. The van der Waals surface area contributed by atoms with Gasteiger partial charge in [-0.05, 0) is 61.4 Å². The number of carbonyl (C=O) groups excluding carboxylic acids is 2. The first-order valence-electron chi connectivity index (χ1n) is 12.1. The van der Waals surface area contributed by atoms with Crippen LogP contribution >= 0.6 is 0 Å². The van der Waals surface area contributed by atoms with Crippen LogP contribution in [0, 0.1) is 11.6 Å². The summed E-state index contributed by atoms with van der Waals surface area (Å²) in [5.74, 6) is -3.10. The summed E-state index contributed by atoms with van der Waals surface area (Å²) in [7, 11) is -3.61. The van der Waals surface area contributed by atoms with Gasteiger partial charge in [-0.1, -0.05) is 18.2 Å². The number of piperidine rings is 1. The molecule has 4 rings (SSSR count). The van der Waals surface area contributed by atoms with Crippen molar-refractivity contribution >= 4 is 21.7 Å². The minimum Gasteiger partial charge on any atom is -0.366 e. The van der Waals surface area contributed by atoms with E-state index in [1.54, 1.807) is 6.07 Å². The third kappa shape index (κ3) is 6.10. The number of carbonyl (C=O) groups is 2. The molecule has 0 aromatic heterocycles. The molecule has 2 saturated heterocycles. The molecule has 2 heterocycles. The summed E-state index contributed by atoms with van der Waals surface area (Å²) < 4.78 is 52.1. The standard InChI is InChI=1S/C26H31F2N3O4S/c1-36(34,35)16-25(32)30(15-22-23(27)6-3-7-24(22)28)10-11-31-20-8-9-21(31)14-19(13-20)17-4-2-5-18(12-17)26(29)33/h2-7,12,19-21H,8-11,13-16H2,1H3,(H2,29,33)/t19?,20-,21+. The quantitative estimate of drug-likeness (QED) is 0.549. The van der Waals surface area contributed by atoms with Gasteiger partial charge in [0.05, 0.1) is 6.54 Å². The summed E-state index contributed by atoms with van der Waals surface area (Å²) >= 11 is 0. The van der Waals surface area contributed by atoms with E-state index in [9.17, 15) is 26.8 Å². The fourth-order valence-electron chi connectivity index (χ4n) is 5.58. The Bertz CT molecular complexity index is 1220. The van der Waals surface area contributed by atoms with Gasteiger partial charge in [0, 0.05) is 42.6 Å². The first-order chi connectivity index (χ1) is 17.0. The molecule has 7 nitrogen and oxygen atoms in total. The summed E-state index contributed by atoms with van der Waals surface area (Å²) in [5, 5.41) is 0. The Morgan fingerprint density at radius 1 is 1.06 bits per heavy atom. The van der Waals surface area contributed by atoms with Crippen molar-refractivity contribution < 1.29 is 26.8 Å². The smallest absolute Gasteiger partial charge is 0.248 e. The van der Waals surface area contributed by atoms with Gasteiger partial charge in [0.1, 0.15) is 17.4 Å². The number of nitrogens with two attached hydrogens (primary N) is 1. The van der Waals surface area contributed by atoms with E-state index in [1.807, 2.05) is 18.2 Å². The lowest BCUT2D eigenvalue weighted by Crippen LogP contribution is -2.47. The lowest BCUT2D eigenvalue weighted by atomic mass is 9.84. The van der Waals surface area contributed by atoms with Gasteiger partial charge in [-0.2, -0.15) is 0 Å². The molecule has 36 heavy (non-hydrogen) atoms. The molecule has 2 fully saturated rings. The van der Waals surface area contributed by atoms with E-state index in [0.717, 1.165) is 49.6 Å². The van der Waals surface area contributed by atoms with Crippen molar-refractivity contribution in [2.75, 3.05) is 25.1 Å². The Labute approximate surface area is 210 Å². The predicted octanol–water partition coefficient (Wildman–Crippen LogP) is 2.85. The Hall–Kier alpha value is -2.85. The molecule has 2 N–H and O–H groups in total. The zero-order valence-corrected chi connectivity index (χ0v) is 21.0. The van der Waals surface area contributed by atoms with Crippen LogP contribution in [0.25, 0.3) is 0 Å². The van der Waals surface area contributed by atoms with E-state index in [2.05, 4.69) is 4.90 Å². The molecular weight excluding hydrogens is 488 g/mol. The summed E-state index contributed by atoms with van der Waals surface area (Å²) in [6.07, 6.45) is 4.73. The van der Waals surface area contributed by atoms with Crippen LogP contribution in [0.5, 0.6) is 0 Å². The highest BCUT2D eigenvalue weighted by atomic mass is 32.2. The fourth-order valence-corrected chi connectivity index (χ4v) is 6.21. The van der Waals surface area contributed by atoms with Gasteiger partial charge in [0.25, 0.3) is 0 Å². The van der Waals surface area contributed by atoms with Crippen molar-refractivity contribution in [3.63, 3.8) is 0 Å². The van der Waals surface area contributed by atoms with E-state index in [-0.39, 0.29) is 36.7 Å². The molecule has 0 aliphatic carbocycles. The molecule has 2 aromatic carbocycles. The maximum atomic E-state index is 14.3. The number of hydrogen-bond donors (Lipinski definition) is 1. The molecule has 2 aliphatic rings. The van der Waals surface area contributed by atoms with Crippen LogP contribution in [0.4, 0.5) is 8.78 Å². The van der Waals surface area contributed by atoms with Crippen molar-refractivity contribution in [1.29, 1.82) is 0 Å². The van der Waals surface area contributed by atoms with Gasteiger partial charge in [-0.25, -0.2) is 17.2 Å². The largest absolute Gasteiger partial charge is 0.366 e. The minimum atomic E-state index is -3.61. The van der Waals surface area contributed by atoms with Gasteiger partial charge in [-0.15, -0.1) is 0 Å². The molecule has 2 bridgehead atoms. The highest BCUT2D eigenvalue weighted by Gasteiger charge is 2.41. The van der Waals surface area contributed by atoms with Crippen LogP contribution < -0.4 is 5.73 Å². The van der Waals surface area contributed by atoms with Gasteiger partial charge in [0.15, 0.2) is 9.84 Å². The van der Waals surface area contributed by atoms with Crippen molar-refractivity contribution in [3.05, 3.63) is 70.8 Å². The number of fused-ring (bicyclic) bond motifs is 2. The number of halogens is 2. The van der Waals surface area contributed by atoms with E-state index >= 15 is 0 Å². The normalized spacial score (nSPS) is 21.9. The van der Waals surface area contributed by atoms with Crippen LogP contribution in [0.3, 0.4) is 0 Å². The van der Waals surface area contributed by atoms with Crippen molar-refractivity contribution in [2.24, 2.45) is 5.73 Å². The van der Waals surface area contributed by atoms with E-state index in [0.29, 0.717) is 12.1 Å². The Morgan fingerprint density at radius 2 is 1.67 bits per heavy atom. The van der Waals surface area contributed by atoms with E-state index in [4.69, 9.17) is 5.73 Å². The highest BCUT2D eigenvalue weighted by Crippen LogP contribution is 2.43. The highest BCUT2D eigenvalue weighted by molar-refractivity contribution is 7.91. The number of primary amides is 1. The molecule has 2 aromatic rings. The molecule has 2 aliphatic heterocycles. The van der Waals surface area contributed by atoms with Gasteiger partial charge in [-0.3, -0.25) is 14.5 Å². The lowest BCUT2D eigenvalue weighted by Gasteiger charge is -2.40. The molecular formula is C26H31F2N3O4S. The van der Waals surface area contributed by atoms with Gasteiger partial charge < -0.3 is 10.6 Å². The topological polar surface area (TPSA) is 101 Å². The lowest BCUT2D eigenvalue weighted by molar-refractivity contribution is -0.129. The SMILES string of the molecule is CS(=O)(=O)CC(=O)N(CCN1[C@@H]2CC[C@H]1CC(c1cccc(C(N)=O)c1)C2)Cc1c(F)cccc1F. The third-order valence-corrected chi connectivity index (χ3v) is 8.08. The molecule has 0 spiro atoms. The zero-order valence-electron chi connectivity index (χ0n) is 20.2.